The zero-order valence-electron chi connectivity index (χ0n) is 4.83. The molecule has 0 radical (unpaired) electrons. The topological polar surface area (TPSA) is 77.0 Å². The maximum atomic E-state index is 5.38. The van der Waals surface area contributed by atoms with Crippen LogP contribution in [-0.4, -0.2) is 4.98 Å². The van der Waals surface area contributed by atoms with Gasteiger partial charge in [0, 0.05) is 6.20 Å². The molecule has 0 unspecified atom stereocenters. The number of hydrogen-bond acceptors (Lipinski definition) is 4. The summed E-state index contributed by atoms with van der Waals surface area (Å²) in [7, 11) is 0. The Bertz CT molecular complexity index is 198. The second kappa shape index (κ2) is 2.32. The molecule has 0 aliphatic rings. The fraction of sp³-hybridized carbons (Fsp3) is 0. The van der Waals surface area contributed by atoms with E-state index in [-0.39, 0.29) is 0 Å². The average molecular weight is 124 g/mol. The van der Waals surface area contributed by atoms with Crippen LogP contribution in [0.1, 0.15) is 0 Å². The molecule has 0 spiro atoms. The van der Waals surface area contributed by atoms with Crippen LogP contribution in [0.2, 0.25) is 0 Å². The van der Waals surface area contributed by atoms with Crippen molar-refractivity contribution in [3.8, 4) is 0 Å². The Morgan fingerprint density at radius 2 is 2.33 bits per heavy atom. The molecule has 1 heterocycles. The fourth-order valence-corrected chi connectivity index (χ4v) is 0.540. The molecular weight excluding hydrogens is 116 g/mol. The van der Waals surface area contributed by atoms with Gasteiger partial charge >= 0.3 is 0 Å². The van der Waals surface area contributed by atoms with E-state index >= 15 is 0 Å². The molecule has 0 aromatic carbocycles. The molecule has 9 heavy (non-hydrogen) atoms. The first kappa shape index (κ1) is 5.84. The minimum absolute atomic E-state index is 0.417. The van der Waals surface area contributed by atoms with Crippen molar-refractivity contribution >= 4 is 11.5 Å². The molecule has 5 N–H and O–H groups in total. The molecule has 1 rings (SSSR count). The van der Waals surface area contributed by atoms with Crippen LogP contribution >= 0.6 is 0 Å². The molecule has 0 fully saturated rings. The van der Waals surface area contributed by atoms with Crippen molar-refractivity contribution in [3.63, 3.8) is 0 Å². The van der Waals surface area contributed by atoms with Crippen molar-refractivity contribution in [2.24, 2.45) is 5.84 Å². The van der Waals surface area contributed by atoms with Gasteiger partial charge in [0.2, 0.25) is 0 Å². The number of nitrogens with two attached hydrogens (primary N) is 2. The van der Waals surface area contributed by atoms with Crippen LogP contribution in [0.4, 0.5) is 11.5 Å². The fourth-order valence-electron chi connectivity index (χ4n) is 0.540. The minimum atomic E-state index is 0.417. The zero-order valence-corrected chi connectivity index (χ0v) is 4.83. The molecule has 4 nitrogen and oxygen atoms in total. The Balaban J connectivity index is 3.01. The summed E-state index contributed by atoms with van der Waals surface area (Å²) in [5, 5.41) is 0. The van der Waals surface area contributed by atoms with Crippen LogP contribution in [0.25, 0.3) is 0 Å². The summed E-state index contributed by atoms with van der Waals surface area (Å²) >= 11 is 0. The van der Waals surface area contributed by atoms with Crippen LogP contribution in [0.5, 0.6) is 0 Å². The number of pyridine rings is 1. The van der Waals surface area contributed by atoms with Crippen molar-refractivity contribution in [2.45, 2.75) is 0 Å². The van der Waals surface area contributed by atoms with Gasteiger partial charge in [0.05, 0.1) is 5.69 Å². The van der Waals surface area contributed by atoms with Crippen molar-refractivity contribution in [1.29, 1.82) is 0 Å². The molecule has 0 amide bonds. The lowest BCUT2D eigenvalue weighted by molar-refractivity contribution is 1.28. The lowest BCUT2D eigenvalue weighted by Crippen LogP contribution is -2.09. The van der Waals surface area contributed by atoms with Gasteiger partial charge in [-0.05, 0) is 12.1 Å². The lowest BCUT2D eigenvalue weighted by Gasteiger charge is -1.99. The van der Waals surface area contributed by atoms with Gasteiger partial charge in [-0.2, -0.15) is 0 Å². The van der Waals surface area contributed by atoms with Gasteiger partial charge in [0.25, 0.3) is 0 Å². The maximum Gasteiger partial charge on any atom is 0.148 e. The Morgan fingerprint density at radius 3 is 2.78 bits per heavy atom. The number of aromatic nitrogens is 1. The predicted octanol–water partition coefficient (Wildman–Crippen LogP) is -0.0506. The van der Waals surface area contributed by atoms with Gasteiger partial charge in [-0.1, -0.05) is 0 Å². The Kier molecular flexibility index (Phi) is 1.51. The molecule has 1 aromatic heterocycles. The smallest absolute Gasteiger partial charge is 0.148 e. The largest absolute Gasteiger partial charge is 0.382 e. The molecule has 0 saturated heterocycles. The van der Waals surface area contributed by atoms with E-state index < -0.39 is 0 Å². The molecule has 0 aliphatic carbocycles. The first-order valence-electron chi connectivity index (χ1n) is 2.51. The van der Waals surface area contributed by atoms with Crippen LogP contribution in [0, 0.1) is 0 Å². The summed E-state index contributed by atoms with van der Waals surface area (Å²) in [6, 6.07) is 3.51. The van der Waals surface area contributed by atoms with E-state index in [4.69, 9.17) is 11.6 Å². The van der Waals surface area contributed by atoms with Crippen molar-refractivity contribution in [3.05, 3.63) is 18.3 Å². The molecule has 1 aromatic rings. The van der Waals surface area contributed by atoms with Crippen LogP contribution < -0.4 is 17.0 Å². The monoisotopic (exact) mass is 124 g/mol. The van der Waals surface area contributed by atoms with Crippen LogP contribution in [0.15, 0.2) is 18.3 Å². The first-order chi connectivity index (χ1) is 4.34. The van der Waals surface area contributed by atoms with E-state index in [1.165, 1.54) is 0 Å². The highest BCUT2D eigenvalue weighted by molar-refractivity contribution is 5.59. The van der Waals surface area contributed by atoms with E-state index in [0.29, 0.717) is 11.5 Å². The quantitative estimate of drug-likeness (QED) is 0.362. The van der Waals surface area contributed by atoms with Crippen molar-refractivity contribution in [2.75, 3.05) is 11.2 Å². The predicted molar refractivity (Wildman–Crippen MR) is 36.5 cm³/mol. The van der Waals surface area contributed by atoms with Gasteiger partial charge in [-0.15, -0.1) is 0 Å². The number of nitrogens with zero attached hydrogens (tertiary/aromatic N) is 1. The third kappa shape index (κ3) is 1.09. The number of nitrogen functional groups attached to an aromatic ring is 2. The van der Waals surface area contributed by atoms with Gasteiger partial charge in [-0.3, -0.25) is 5.84 Å². The standard InChI is InChI=1S/C5H8N4/c6-5-4(9-7)2-1-3-8-5/h1-3,9H,7H2,(H2,6,8). The summed E-state index contributed by atoms with van der Waals surface area (Å²) < 4.78 is 0. The van der Waals surface area contributed by atoms with Gasteiger partial charge in [-0.25, -0.2) is 4.98 Å². The Hall–Kier alpha value is -1.29. The summed E-state index contributed by atoms with van der Waals surface area (Å²) in [5.74, 6) is 5.50. The normalized spacial score (nSPS) is 9.00. The molecule has 0 atom stereocenters. The molecule has 0 aliphatic heterocycles. The number of nitrogens with one attached hydrogen (secondary N) is 1. The van der Waals surface area contributed by atoms with Gasteiger partial charge in [0.1, 0.15) is 5.82 Å². The highest BCUT2D eigenvalue weighted by Gasteiger charge is 1.91. The van der Waals surface area contributed by atoms with Gasteiger partial charge in [0.15, 0.2) is 0 Å². The van der Waals surface area contributed by atoms with E-state index in [9.17, 15) is 0 Å². The summed E-state index contributed by atoms with van der Waals surface area (Å²) in [5.41, 5.74) is 8.44. The molecular formula is C5H8N4. The molecule has 0 bridgehead atoms. The summed E-state index contributed by atoms with van der Waals surface area (Å²) in [6.45, 7) is 0. The van der Waals surface area contributed by atoms with Crippen molar-refractivity contribution < 1.29 is 0 Å². The van der Waals surface area contributed by atoms with E-state index in [0.717, 1.165) is 0 Å². The highest BCUT2D eigenvalue weighted by atomic mass is 15.2. The molecule has 0 saturated carbocycles. The van der Waals surface area contributed by atoms with Crippen LogP contribution in [-0.2, 0) is 0 Å². The zero-order chi connectivity index (χ0) is 6.69. The van der Waals surface area contributed by atoms with E-state index in [1.54, 1.807) is 18.3 Å². The third-order valence-electron chi connectivity index (χ3n) is 0.994. The minimum Gasteiger partial charge on any atom is -0.382 e. The second-order valence-electron chi connectivity index (χ2n) is 1.58. The van der Waals surface area contributed by atoms with Crippen LogP contribution in [0.3, 0.4) is 0 Å². The SMILES string of the molecule is NNc1cccnc1N. The summed E-state index contributed by atoms with van der Waals surface area (Å²) in [4.78, 5) is 3.79. The van der Waals surface area contributed by atoms with Crippen molar-refractivity contribution in [1.82, 2.24) is 4.98 Å². The van der Waals surface area contributed by atoms with E-state index in [1.807, 2.05) is 0 Å². The van der Waals surface area contributed by atoms with Gasteiger partial charge < -0.3 is 11.2 Å². The number of hydrogen-bond donors (Lipinski definition) is 3. The average Bonchev–Trinajstić information content (AvgIpc) is 1.89. The maximum absolute atomic E-state index is 5.38. The lowest BCUT2D eigenvalue weighted by atomic mass is 10.4. The Morgan fingerprint density at radius 1 is 1.56 bits per heavy atom. The molecule has 48 valence electrons. The summed E-state index contributed by atoms with van der Waals surface area (Å²) in [6.07, 6.45) is 1.61. The third-order valence-corrected chi connectivity index (χ3v) is 0.994. The highest BCUT2D eigenvalue weighted by Crippen LogP contribution is 2.10. The number of rotatable bonds is 1. The molecule has 4 heteroatoms. The second-order valence-corrected chi connectivity index (χ2v) is 1.58. The first-order valence-corrected chi connectivity index (χ1v) is 2.51. The Labute approximate surface area is 52.9 Å². The number of anilines is 2. The van der Waals surface area contributed by atoms with E-state index in [2.05, 4.69) is 10.4 Å². The number of hydrazine groups is 1.